The van der Waals surface area contributed by atoms with Crippen LogP contribution in [0.4, 0.5) is 0 Å². The molecule has 0 aliphatic heterocycles. The summed E-state index contributed by atoms with van der Waals surface area (Å²) in [7, 11) is 2.30. The SMILES string of the molecule is CC(C)NCCCCN(C)C1CCCC1. The summed E-state index contributed by atoms with van der Waals surface area (Å²) in [5.41, 5.74) is 0. The average Bonchev–Trinajstić information content (AvgIpc) is 2.69. The summed E-state index contributed by atoms with van der Waals surface area (Å²) in [4.78, 5) is 2.57. The van der Waals surface area contributed by atoms with Crippen molar-refractivity contribution >= 4 is 0 Å². The van der Waals surface area contributed by atoms with Gasteiger partial charge < -0.3 is 10.2 Å². The van der Waals surface area contributed by atoms with Crippen molar-refractivity contribution < 1.29 is 0 Å². The van der Waals surface area contributed by atoms with Crippen molar-refractivity contribution in [3.63, 3.8) is 0 Å². The van der Waals surface area contributed by atoms with E-state index in [2.05, 4.69) is 31.1 Å². The molecule has 0 unspecified atom stereocenters. The lowest BCUT2D eigenvalue weighted by atomic mass is 10.2. The number of nitrogens with zero attached hydrogens (tertiary/aromatic N) is 1. The predicted molar refractivity (Wildman–Crippen MR) is 67.3 cm³/mol. The second-order valence-electron chi connectivity index (χ2n) is 5.23. The van der Waals surface area contributed by atoms with E-state index in [1.165, 1.54) is 51.6 Å². The highest BCUT2D eigenvalue weighted by Crippen LogP contribution is 2.22. The molecule has 0 spiro atoms. The quantitative estimate of drug-likeness (QED) is 0.653. The van der Waals surface area contributed by atoms with Crippen LogP contribution < -0.4 is 5.32 Å². The third-order valence-electron chi connectivity index (χ3n) is 3.44. The van der Waals surface area contributed by atoms with Crippen LogP contribution in [-0.4, -0.2) is 37.1 Å². The van der Waals surface area contributed by atoms with Crippen molar-refractivity contribution in [3.05, 3.63) is 0 Å². The molecule has 0 saturated heterocycles. The molecule has 0 aromatic rings. The van der Waals surface area contributed by atoms with E-state index in [1.54, 1.807) is 0 Å². The fourth-order valence-corrected chi connectivity index (χ4v) is 2.40. The number of unbranched alkanes of at least 4 members (excludes halogenated alkanes) is 1. The van der Waals surface area contributed by atoms with Crippen LogP contribution in [0.15, 0.2) is 0 Å². The Balaban J connectivity index is 1.94. The molecule has 1 aliphatic rings. The monoisotopic (exact) mass is 212 g/mol. The second kappa shape index (κ2) is 7.24. The maximum atomic E-state index is 3.47. The number of rotatable bonds is 7. The molecule has 2 heteroatoms. The Morgan fingerprint density at radius 2 is 1.87 bits per heavy atom. The van der Waals surface area contributed by atoms with Gasteiger partial charge in [-0.15, -0.1) is 0 Å². The first-order chi connectivity index (χ1) is 7.20. The molecule has 2 nitrogen and oxygen atoms in total. The highest BCUT2D eigenvalue weighted by atomic mass is 15.1. The van der Waals surface area contributed by atoms with Crippen LogP contribution in [0, 0.1) is 0 Å². The zero-order chi connectivity index (χ0) is 11.1. The van der Waals surface area contributed by atoms with Gasteiger partial charge in [-0.25, -0.2) is 0 Å². The van der Waals surface area contributed by atoms with E-state index in [-0.39, 0.29) is 0 Å². The Morgan fingerprint density at radius 1 is 1.20 bits per heavy atom. The molecule has 0 heterocycles. The third-order valence-corrected chi connectivity index (χ3v) is 3.44. The molecule has 0 bridgehead atoms. The Bertz CT molecular complexity index is 151. The molecular formula is C13H28N2. The van der Waals surface area contributed by atoms with Gasteiger partial charge in [0.15, 0.2) is 0 Å². The molecule has 1 N–H and O–H groups in total. The molecule has 0 atom stereocenters. The number of nitrogens with one attached hydrogen (secondary N) is 1. The van der Waals surface area contributed by atoms with Crippen LogP contribution in [0.3, 0.4) is 0 Å². The van der Waals surface area contributed by atoms with Gasteiger partial charge in [-0.3, -0.25) is 0 Å². The highest BCUT2D eigenvalue weighted by molar-refractivity contribution is 4.74. The molecule has 1 fully saturated rings. The molecule has 1 rings (SSSR count). The zero-order valence-corrected chi connectivity index (χ0v) is 10.8. The summed E-state index contributed by atoms with van der Waals surface area (Å²) in [6.45, 7) is 6.88. The van der Waals surface area contributed by atoms with Gasteiger partial charge >= 0.3 is 0 Å². The maximum absolute atomic E-state index is 3.47. The minimum Gasteiger partial charge on any atom is -0.315 e. The van der Waals surface area contributed by atoms with Crippen molar-refractivity contribution in [2.75, 3.05) is 20.1 Å². The lowest BCUT2D eigenvalue weighted by molar-refractivity contribution is 0.240. The summed E-state index contributed by atoms with van der Waals surface area (Å²) in [5.74, 6) is 0. The van der Waals surface area contributed by atoms with Gasteiger partial charge in [0.05, 0.1) is 0 Å². The number of hydrogen-bond acceptors (Lipinski definition) is 2. The smallest absolute Gasteiger partial charge is 0.00922 e. The zero-order valence-electron chi connectivity index (χ0n) is 10.8. The summed E-state index contributed by atoms with van der Waals surface area (Å²) < 4.78 is 0. The van der Waals surface area contributed by atoms with Crippen molar-refractivity contribution in [2.24, 2.45) is 0 Å². The molecule has 1 aliphatic carbocycles. The van der Waals surface area contributed by atoms with Gasteiger partial charge in [0, 0.05) is 12.1 Å². The normalized spacial score (nSPS) is 18.2. The number of hydrogen-bond donors (Lipinski definition) is 1. The minimum atomic E-state index is 0.637. The lowest BCUT2D eigenvalue weighted by Crippen LogP contribution is -2.31. The third kappa shape index (κ3) is 5.53. The fraction of sp³-hybridized carbons (Fsp3) is 1.00. The van der Waals surface area contributed by atoms with Crippen LogP contribution >= 0.6 is 0 Å². The van der Waals surface area contributed by atoms with Gasteiger partial charge in [-0.2, -0.15) is 0 Å². The van der Waals surface area contributed by atoms with E-state index in [1.807, 2.05) is 0 Å². The van der Waals surface area contributed by atoms with Crippen LogP contribution in [0.25, 0.3) is 0 Å². The lowest BCUT2D eigenvalue weighted by Gasteiger charge is -2.23. The van der Waals surface area contributed by atoms with E-state index >= 15 is 0 Å². The Morgan fingerprint density at radius 3 is 2.47 bits per heavy atom. The molecule has 1 saturated carbocycles. The minimum absolute atomic E-state index is 0.637. The summed E-state index contributed by atoms with van der Waals surface area (Å²) in [6, 6.07) is 1.53. The van der Waals surface area contributed by atoms with Crippen LogP contribution in [0.5, 0.6) is 0 Å². The van der Waals surface area contributed by atoms with Gasteiger partial charge in [0.1, 0.15) is 0 Å². The molecule has 0 aromatic carbocycles. The maximum Gasteiger partial charge on any atom is 0.00922 e. The van der Waals surface area contributed by atoms with Crippen LogP contribution in [0.2, 0.25) is 0 Å². The van der Waals surface area contributed by atoms with Gasteiger partial charge in [0.2, 0.25) is 0 Å². The van der Waals surface area contributed by atoms with Crippen molar-refractivity contribution in [1.29, 1.82) is 0 Å². The van der Waals surface area contributed by atoms with E-state index in [9.17, 15) is 0 Å². The fourth-order valence-electron chi connectivity index (χ4n) is 2.40. The van der Waals surface area contributed by atoms with E-state index in [4.69, 9.17) is 0 Å². The molecule has 90 valence electrons. The standard InChI is InChI=1S/C13H28N2/c1-12(2)14-10-6-7-11-15(3)13-8-4-5-9-13/h12-14H,4-11H2,1-3H3. The Hall–Kier alpha value is -0.0800. The molecule has 0 aromatic heterocycles. The molecular weight excluding hydrogens is 184 g/mol. The predicted octanol–water partition coefficient (Wildman–Crippen LogP) is 2.64. The topological polar surface area (TPSA) is 15.3 Å². The second-order valence-corrected chi connectivity index (χ2v) is 5.23. The van der Waals surface area contributed by atoms with Crippen molar-refractivity contribution in [2.45, 2.75) is 64.5 Å². The largest absolute Gasteiger partial charge is 0.315 e. The molecule has 0 amide bonds. The Kier molecular flexibility index (Phi) is 6.26. The average molecular weight is 212 g/mol. The van der Waals surface area contributed by atoms with E-state index < -0.39 is 0 Å². The summed E-state index contributed by atoms with van der Waals surface area (Å²) >= 11 is 0. The van der Waals surface area contributed by atoms with Crippen molar-refractivity contribution in [1.82, 2.24) is 10.2 Å². The van der Waals surface area contributed by atoms with Crippen LogP contribution in [0.1, 0.15) is 52.4 Å². The van der Waals surface area contributed by atoms with Crippen molar-refractivity contribution in [3.8, 4) is 0 Å². The molecule has 0 radical (unpaired) electrons. The first kappa shape index (κ1) is 13.0. The summed E-state index contributed by atoms with van der Waals surface area (Å²) in [5, 5.41) is 3.47. The van der Waals surface area contributed by atoms with E-state index in [0.29, 0.717) is 6.04 Å². The van der Waals surface area contributed by atoms with E-state index in [0.717, 1.165) is 6.04 Å². The highest BCUT2D eigenvalue weighted by Gasteiger charge is 2.18. The first-order valence-electron chi connectivity index (χ1n) is 6.64. The van der Waals surface area contributed by atoms with Crippen LogP contribution in [-0.2, 0) is 0 Å². The van der Waals surface area contributed by atoms with Gasteiger partial charge in [0.25, 0.3) is 0 Å². The molecule has 15 heavy (non-hydrogen) atoms. The first-order valence-corrected chi connectivity index (χ1v) is 6.64. The summed E-state index contributed by atoms with van der Waals surface area (Å²) in [6.07, 6.45) is 8.41. The Labute approximate surface area is 95.4 Å². The van der Waals surface area contributed by atoms with Gasteiger partial charge in [-0.05, 0) is 45.8 Å². The van der Waals surface area contributed by atoms with Gasteiger partial charge in [-0.1, -0.05) is 26.7 Å².